The largest absolute Gasteiger partial charge is 0.250 e. The van der Waals surface area contributed by atoms with E-state index < -0.39 is 0 Å². The van der Waals surface area contributed by atoms with E-state index in [0.717, 1.165) is 29.5 Å². The van der Waals surface area contributed by atoms with Crippen molar-refractivity contribution in [2.45, 2.75) is 32.2 Å². The molecule has 0 saturated carbocycles. The molecule has 0 aliphatic rings. The Morgan fingerprint density at radius 2 is 2.00 bits per heavy atom. The lowest BCUT2D eigenvalue weighted by Crippen LogP contribution is -2.34. The van der Waals surface area contributed by atoms with Crippen molar-refractivity contribution in [2.75, 3.05) is 10.7 Å². The highest BCUT2D eigenvalue weighted by Crippen LogP contribution is 2.32. The first-order chi connectivity index (χ1) is 9.65. The lowest BCUT2D eigenvalue weighted by Gasteiger charge is -2.30. The second kappa shape index (κ2) is 6.85. The van der Waals surface area contributed by atoms with Crippen molar-refractivity contribution in [3.05, 3.63) is 47.5 Å². The molecule has 0 N–H and O–H groups in total. The summed E-state index contributed by atoms with van der Waals surface area (Å²) in [6.07, 6.45) is 2.50. The summed E-state index contributed by atoms with van der Waals surface area (Å²) in [5.41, 5.74) is 2.61. The van der Waals surface area contributed by atoms with Crippen LogP contribution >= 0.6 is 31.9 Å². The van der Waals surface area contributed by atoms with E-state index in [1.165, 1.54) is 11.1 Å². The maximum absolute atomic E-state index is 4.43. The van der Waals surface area contributed by atoms with E-state index >= 15 is 0 Å². The van der Waals surface area contributed by atoms with Gasteiger partial charge in [0.15, 0.2) is 0 Å². The van der Waals surface area contributed by atoms with Crippen LogP contribution in [-0.2, 0) is 18.4 Å². The third-order valence-electron chi connectivity index (χ3n) is 3.63. The molecule has 0 bridgehead atoms. The Balaban J connectivity index is 2.39. The van der Waals surface area contributed by atoms with Gasteiger partial charge in [0.25, 0.3) is 0 Å². The van der Waals surface area contributed by atoms with Crippen molar-refractivity contribution in [1.82, 2.24) is 14.8 Å². The average Bonchev–Trinajstić information content (AvgIpc) is 2.92. The van der Waals surface area contributed by atoms with Crippen LogP contribution in [0.15, 0.2) is 30.6 Å². The Hall–Kier alpha value is -0.680. The van der Waals surface area contributed by atoms with Crippen LogP contribution in [0, 0.1) is 6.92 Å². The first-order valence-corrected chi connectivity index (χ1v) is 8.95. The van der Waals surface area contributed by atoms with E-state index in [9.17, 15) is 0 Å². The fourth-order valence-corrected chi connectivity index (χ4v) is 4.33. The lowest BCUT2D eigenvalue weighted by atomic mass is 9.80. The number of benzene rings is 1. The van der Waals surface area contributed by atoms with Crippen LogP contribution in [0.3, 0.4) is 0 Å². The highest BCUT2D eigenvalue weighted by molar-refractivity contribution is 9.09. The zero-order chi connectivity index (χ0) is 14.6. The highest BCUT2D eigenvalue weighted by atomic mass is 79.9. The molecule has 5 heteroatoms. The predicted molar refractivity (Wildman–Crippen MR) is 89.8 cm³/mol. The highest BCUT2D eigenvalue weighted by Gasteiger charge is 2.32. The molecule has 0 amide bonds. The van der Waals surface area contributed by atoms with Crippen molar-refractivity contribution in [2.24, 2.45) is 0 Å². The van der Waals surface area contributed by atoms with Gasteiger partial charge in [0.2, 0.25) is 0 Å². The summed E-state index contributed by atoms with van der Waals surface area (Å²) in [7, 11) is 0. The maximum Gasteiger partial charge on any atom is 0.138 e. The molecule has 20 heavy (non-hydrogen) atoms. The zero-order valence-electron chi connectivity index (χ0n) is 11.8. The van der Waals surface area contributed by atoms with Crippen molar-refractivity contribution in [3.8, 4) is 0 Å². The molecule has 0 aliphatic carbocycles. The molecular weight excluding hydrogens is 382 g/mol. The summed E-state index contributed by atoms with van der Waals surface area (Å²) in [5.74, 6) is 1.04. The molecule has 0 unspecified atom stereocenters. The van der Waals surface area contributed by atoms with Crippen LogP contribution in [0.5, 0.6) is 0 Å². The number of aryl methyl sites for hydroxylation is 2. The first-order valence-electron chi connectivity index (χ1n) is 6.71. The molecule has 2 rings (SSSR count). The SMILES string of the molecule is CCn1ncnc1CC(CBr)(CBr)c1cccc(C)c1. The predicted octanol–water partition coefficient (Wildman–Crippen LogP) is 3.88. The molecule has 0 spiro atoms. The molecule has 1 aromatic heterocycles. The van der Waals surface area contributed by atoms with Gasteiger partial charge in [-0.25, -0.2) is 4.98 Å². The molecule has 2 aromatic rings. The normalized spacial score (nSPS) is 11.8. The standard InChI is InChI=1S/C15H19Br2N3/c1-3-20-14(18-11-19-20)8-15(9-16,10-17)13-6-4-5-12(2)7-13/h4-7,11H,3,8-10H2,1-2H3. The van der Waals surface area contributed by atoms with Crippen molar-refractivity contribution in [1.29, 1.82) is 0 Å². The Morgan fingerprint density at radius 1 is 1.25 bits per heavy atom. The van der Waals surface area contributed by atoms with Crippen LogP contribution in [0.1, 0.15) is 23.9 Å². The summed E-state index contributed by atoms with van der Waals surface area (Å²) >= 11 is 7.40. The van der Waals surface area contributed by atoms with Crippen LogP contribution in [0.25, 0.3) is 0 Å². The van der Waals surface area contributed by atoms with E-state index in [0.29, 0.717) is 0 Å². The molecule has 0 fully saturated rings. The van der Waals surface area contributed by atoms with Crippen LogP contribution in [-0.4, -0.2) is 25.4 Å². The fraction of sp³-hybridized carbons (Fsp3) is 0.467. The Morgan fingerprint density at radius 3 is 2.60 bits per heavy atom. The maximum atomic E-state index is 4.43. The van der Waals surface area contributed by atoms with E-state index in [2.05, 4.69) is 80.1 Å². The van der Waals surface area contributed by atoms with Gasteiger partial charge in [0, 0.05) is 29.0 Å². The van der Waals surface area contributed by atoms with Gasteiger partial charge in [0.1, 0.15) is 12.2 Å². The average molecular weight is 401 g/mol. The molecule has 1 aromatic carbocycles. The molecule has 3 nitrogen and oxygen atoms in total. The number of hydrogen-bond donors (Lipinski definition) is 0. The van der Waals surface area contributed by atoms with Crippen LogP contribution in [0.2, 0.25) is 0 Å². The minimum atomic E-state index is -0.00796. The summed E-state index contributed by atoms with van der Waals surface area (Å²) < 4.78 is 1.97. The fourth-order valence-electron chi connectivity index (χ4n) is 2.35. The van der Waals surface area contributed by atoms with Crippen molar-refractivity contribution in [3.63, 3.8) is 0 Å². The van der Waals surface area contributed by atoms with Crippen LogP contribution < -0.4 is 0 Å². The third-order valence-corrected chi connectivity index (χ3v) is 5.78. The molecule has 1 heterocycles. The van der Waals surface area contributed by atoms with E-state index in [1.807, 2.05) is 4.68 Å². The molecule has 0 atom stereocenters. The lowest BCUT2D eigenvalue weighted by molar-refractivity contribution is 0.500. The summed E-state index contributed by atoms with van der Waals surface area (Å²) in [4.78, 5) is 4.43. The van der Waals surface area contributed by atoms with Gasteiger partial charge in [-0.3, -0.25) is 4.68 Å². The number of nitrogens with zero attached hydrogens (tertiary/aromatic N) is 3. The van der Waals surface area contributed by atoms with Gasteiger partial charge in [-0.2, -0.15) is 5.10 Å². The molecule has 108 valence electrons. The van der Waals surface area contributed by atoms with Gasteiger partial charge in [0.05, 0.1) is 0 Å². The van der Waals surface area contributed by atoms with Gasteiger partial charge in [-0.05, 0) is 19.4 Å². The quantitative estimate of drug-likeness (QED) is 0.689. The van der Waals surface area contributed by atoms with Crippen molar-refractivity contribution >= 4 is 31.9 Å². The Bertz CT molecular complexity index is 562. The van der Waals surface area contributed by atoms with Crippen LogP contribution in [0.4, 0.5) is 0 Å². The Kier molecular flexibility index (Phi) is 5.38. The smallest absolute Gasteiger partial charge is 0.138 e. The molecule has 0 saturated heterocycles. The monoisotopic (exact) mass is 399 g/mol. The molecule has 0 radical (unpaired) electrons. The van der Waals surface area contributed by atoms with Crippen molar-refractivity contribution < 1.29 is 0 Å². The van der Waals surface area contributed by atoms with E-state index in [4.69, 9.17) is 0 Å². The number of hydrogen-bond acceptors (Lipinski definition) is 2. The zero-order valence-corrected chi connectivity index (χ0v) is 15.0. The minimum Gasteiger partial charge on any atom is -0.250 e. The van der Waals surface area contributed by atoms with E-state index in [1.54, 1.807) is 6.33 Å². The molecule has 0 aliphatic heterocycles. The van der Waals surface area contributed by atoms with E-state index in [-0.39, 0.29) is 5.41 Å². The second-order valence-corrected chi connectivity index (χ2v) is 6.21. The number of aromatic nitrogens is 3. The van der Waals surface area contributed by atoms with Gasteiger partial charge < -0.3 is 0 Å². The molecular formula is C15H19Br2N3. The summed E-state index contributed by atoms with van der Waals surface area (Å²) in [6, 6.07) is 8.71. The second-order valence-electron chi connectivity index (χ2n) is 5.09. The summed E-state index contributed by atoms with van der Waals surface area (Å²) in [6.45, 7) is 5.07. The van der Waals surface area contributed by atoms with Gasteiger partial charge in [-0.15, -0.1) is 0 Å². The number of alkyl halides is 2. The van der Waals surface area contributed by atoms with Gasteiger partial charge >= 0.3 is 0 Å². The minimum absolute atomic E-state index is 0.00796. The first kappa shape index (κ1) is 15.7. The Labute approximate surface area is 137 Å². The number of rotatable bonds is 6. The van der Waals surface area contributed by atoms with Gasteiger partial charge in [-0.1, -0.05) is 61.7 Å². The summed E-state index contributed by atoms with van der Waals surface area (Å²) in [5, 5.41) is 6.03. The third kappa shape index (κ3) is 3.14. The number of halogens is 2. The topological polar surface area (TPSA) is 30.7 Å².